The van der Waals surface area contributed by atoms with Crippen LogP contribution in [0.2, 0.25) is 5.02 Å². The Morgan fingerprint density at radius 1 is 1.18 bits per heavy atom. The van der Waals surface area contributed by atoms with Gasteiger partial charge in [-0.15, -0.1) is 0 Å². The van der Waals surface area contributed by atoms with Crippen LogP contribution < -0.4 is 21.9 Å². The third-order valence-electron chi connectivity index (χ3n) is 6.08. The molecule has 1 saturated heterocycles. The molecule has 1 fully saturated rings. The molecule has 2 aromatic rings. The Labute approximate surface area is 203 Å². The predicted octanol–water partition coefficient (Wildman–Crippen LogP) is 2.87. The minimum absolute atomic E-state index is 0.00343. The van der Waals surface area contributed by atoms with Crippen molar-refractivity contribution in [2.24, 2.45) is 5.92 Å². The number of amides is 2. The number of rotatable bonds is 8. The quantitative estimate of drug-likeness (QED) is 0.590. The van der Waals surface area contributed by atoms with Crippen LogP contribution >= 0.6 is 11.6 Å². The molecule has 2 amide bonds. The molecule has 0 spiro atoms. The van der Waals surface area contributed by atoms with Crippen LogP contribution in [-0.4, -0.2) is 45.9 Å². The zero-order valence-electron chi connectivity index (χ0n) is 19.7. The number of piperidine rings is 1. The number of aromatic nitrogens is 2. The number of nitrogen functional groups attached to an aromatic ring is 1. The lowest BCUT2D eigenvalue weighted by Gasteiger charge is -2.35. The van der Waals surface area contributed by atoms with Gasteiger partial charge >= 0.3 is 5.69 Å². The molecule has 184 valence electrons. The molecule has 1 aliphatic heterocycles. The van der Waals surface area contributed by atoms with E-state index in [0.717, 1.165) is 6.42 Å². The predicted molar refractivity (Wildman–Crippen MR) is 133 cm³/mol. The highest BCUT2D eigenvalue weighted by atomic mass is 35.5. The van der Waals surface area contributed by atoms with Crippen LogP contribution in [0.4, 0.5) is 11.5 Å². The molecule has 0 saturated carbocycles. The number of halogens is 1. The van der Waals surface area contributed by atoms with Crippen molar-refractivity contribution < 1.29 is 9.59 Å². The minimum Gasteiger partial charge on any atom is -0.383 e. The van der Waals surface area contributed by atoms with E-state index in [2.05, 4.69) is 4.98 Å². The Hall–Kier alpha value is -3.07. The van der Waals surface area contributed by atoms with Gasteiger partial charge < -0.3 is 15.5 Å². The van der Waals surface area contributed by atoms with Gasteiger partial charge in [-0.05, 0) is 49.9 Å². The van der Waals surface area contributed by atoms with Gasteiger partial charge in [0.25, 0.3) is 11.5 Å². The molecular formula is C24H32ClN5O4. The second kappa shape index (κ2) is 11.4. The number of carbonyl (C=O) groups excluding carboxylic acids is 2. The zero-order valence-corrected chi connectivity index (χ0v) is 20.4. The fourth-order valence-electron chi connectivity index (χ4n) is 4.29. The summed E-state index contributed by atoms with van der Waals surface area (Å²) < 4.78 is 1.31. The fourth-order valence-corrected chi connectivity index (χ4v) is 4.42. The normalized spacial score (nSPS) is 15.9. The van der Waals surface area contributed by atoms with E-state index in [1.807, 2.05) is 13.8 Å². The topological polar surface area (TPSA) is 121 Å². The maximum absolute atomic E-state index is 13.6. The first kappa shape index (κ1) is 25.6. The first-order valence-electron chi connectivity index (χ1n) is 11.8. The number of benzene rings is 1. The number of nitrogens with two attached hydrogens (primary N) is 1. The number of nitrogens with zero attached hydrogens (tertiary/aromatic N) is 3. The smallest absolute Gasteiger partial charge is 0.330 e. The summed E-state index contributed by atoms with van der Waals surface area (Å²) >= 11 is 5.93. The third kappa shape index (κ3) is 5.52. The fraction of sp³-hybridized carbons (Fsp3) is 0.500. The van der Waals surface area contributed by atoms with Crippen LogP contribution in [0.25, 0.3) is 0 Å². The van der Waals surface area contributed by atoms with E-state index in [1.165, 1.54) is 9.47 Å². The number of hydrogen-bond acceptors (Lipinski definition) is 5. The lowest BCUT2D eigenvalue weighted by Crippen LogP contribution is -2.49. The molecule has 1 aromatic heterocycles. The van der Waals surface area contributed by atoms with E-state index >= 15 is 0 Å². The van der Waals surface area contributed by atoms with Crippen molar-refractivity contribution in [2.75, 3.05) is 30.3 Å². The average Bonchev–Trinajstić information content (AvgIpc) is 2.83. The highest BCUT2D eigenvalue weighted by molar-refractivity contribution is 6.30. The lowest BCUT2D eigenvalue weighted by molar-refractivity contribution is -0.123. The summed E-state index contributed by atoms with van der Waals surface area (Å²) in [5.74, 6) is -0.921. The Bertz CT molecular complexity index is 1140. The zero-order chi connectivity index (χ0) is 24.8. The van der Waals surface area contributed by atoms with Crippen LogP contribution in [0.3, 0.4) is 0 Å². The molecule has 1 unspecified atom stereocenters. The molecule has 1 atom stereocenters. The van der Waals surface area contributed by atoms with Crippen molar-refractivity contribution in [3.63, 3.8) is 0 Å². The standard InChI is InChI=1S/C24H32ClN5O4/c1-3-5-14-30-20(26)19(21(31)27-24(30)34)29(12-4-2)23(33)17-7-6-13-28(15-17)22(32)16-8-10-18(25)11-9-16/h8-11,17H,3-7,12-15,26H2,1-2H3,(H,27,31,34). The van der Waals surface area contributed by atoms with Gasteiger partial charge in [-0.1, -0.05) is 31.9 Å². The Balaban J connectivity index is 1.88. The average molecular weight is 490 g/mol. The molecule has 0 aliphatic carbocycles. The summed E-state index contributed by atoms with van der Waals surface area (Å²) in [4.78, 5) is 57.0. The van der Waals surface area contributed by atoms with Gasteiger partial charge in [0, 0.05) is 36.8 Å². The van der Waals surface area contributed by atoms with Crippen molar-refractivity contribution in [2.45, 2.75) is 52.5 Å². The number of anilines is 2. The van der Waals surface area contributed by atoms with Crippen LogP contribution in [0.5, 0.6) is 0 Å². The Kier molecular flexibility index (Phi) is 8.55. The van der Waals surface area contributed by atoms with Crippen molar-refractivity contribution in [3.05, 3.63) is 55.7 Å². The number of carbonyl (C=O) groups is 2. The van der Waals surface area contributed by atoms with E-state index in [0.29, 0.717) is 49.4 Å². The molecule has 1 aliphatic rings. The Morgan fingerprint density at radius 3 is 2.53 bits per heavy atom. The van der Waals surface area contributed by atoms with Crippen molar-refractivity contribution in [1.82, 2.24) is 14.5 Å². The summed E-state index contributed by atoms with van der Waals surface area (Å²) in [5, 5.41) is 0.543. The molecule has 34 heavy (non-hydrogen) atoms. The summed E-state index contributed by atoms with van der Waals surface area (Å²) in [7, 11) is 0. The molecule has 3 N–H and O–H groups in total. The molecule has 0 radical (unpaired) electrons. The molecule has 2 heterocycles. The second-order valence-electron chi connectivity index (χ2n) is 8.59. The van der Waals surface area contributed by atoms with Gasteiger partial charge in [-0.2, -0.15) is 0 Å². The van der Waals surface area contributed by atoms with E-state index in [4.69, 9.17) is 17.3 Å². The van der Waals surface area contributed by atoms with Gasteiger partial charge in [0.15, 0.2) is 5.69 Å². The van der Waals surface area contributed by atoms with Gasteiger partial charge in [0.1, 0.15) is 5.82 Å². The lowest BCUT2D eigenvalue weighted by atomic mass is 9.95. The van der Waals surface area contributed by atoms with E-state index in [-0.39, 0.29) is 36.4 Å². The monoisotopic (exact) mass is 489 g/mol. The van der Waals surface area contributed by atoms with E-state index in [1.54, 1.807) is 29.2 Å². The summed E-state index contributed by atoms with van der Waals surface area (Å²) in [6.07, 6.45) is 3.41. The minimum atomic E-state index is -0.679. The van der Waals surface area contributed by atoms with Crippen LogP contribution in [0.1, 0.15) is 56.3 Å². The number of aromatic amines is 1. The van der Waals surface area contributed by atoms with E-state index in [9.17, 15) is 19.2 Å². The second-order valence-corrected chi connectivity index (χ2v) is 9.02. The number of likely N-dealkylation sites (tertiary alicyclic amines) is 1. The van der Waals surface area contributed by atoms with Crippen molar-refractivity contribution in [1.29, 1.82) is 0 Å². The SMILES string of the molecule is CCCCn1c(N)c(N(CCC)C(=O)C2CCCN(C(=O)c3ccc(Cl)cc3)C2)c(=O)[nH]c1=O. The highest BCUT2D eigenvalue weighted by Gasteiger charge is 2.34. The first-order chi connectivity index (χ1) is 16.3. The summed E-state index contributed by atoms with van der Waals surface area (Å²) in [5.41, 5.74) is 5.51. The Morgan fingerprint density at radius 2 is 1.88 bits per heavy atom. The van der Waals surface area contributed by atoms with E-state index < -0.39 is 17.2 Å². The third-order valence-corrected chi connectivity index (χ3v) is 6.33. The van der Waals surface area contributed by atoms with Crippen LogP contribution in [-0.2, 0) is 11.3 Å². The highest BCUT2D eigenvalue weighted by Crippen LogP contribution is 2.25. The molecule has 10 heteroatoms. The molecular weight excluding hydrogens is 458 g/mol. The first-order valence-corrected chi connectivity index (χ1v) is 12.1. The van der Waals surface area contributed by atoms with Gasteiger partial charge in [-0.3, -0.25) is 23.9 Å². The number of unbranched alkanes of at least 4 members (excludes halogenated alkanes) is 1. The van der Waals surface area contributed by atoms with Gasteiger partial charge in [0.05, 0.1) is 5.92 Å². The van der Waals surface area contributed by atoms with Crippen LogP contribution in [0, 0.1) is 5.92 Å². The van der Waals surface area contributed by atoms with Gasteiger partial charge in [0.2, 0.25) is 5.91 Å². The maximum Gasteiger partial charge on any atom is 0.330 e. The number of H-pyrrole nitrogens is 1. The maximum atomic E-state index is 13.6. The van der Waals surface area contributed by atoms with Crippen molar-refractivity contribution >= 4 is 34.9 Å². The number of hydrogen-bond donors (Lipinski definition) is 2. The molecule has 9 nitrogen and oxygen atoms in total. The molecule has 1 aromatic carbocycles. The van der Waals surface area contributed by atoms with Gasteiger partial charge in [-0.25, -0.2) is 4.79 Å². The molecule has 0 bridgehead atoms. The largest absolute Gasteiger partial charge is 0.383 e. The number of nitrogens with one attached hydrogen (secondary N) is 1. The van der Waals surface area contributed by atoms with Crippen LogP contribution in [0.15, 0.2) is 33.9 Å². The molecule has 3 rings (SSSR count). The summed E-state index contributed by atoms with van der Waals surface area (Å²) in [6, 6.07) is 6.65. The summed E-state index contributed by atoms with van der Waals surface area (Å²) in [6.45, 7) is 5.30. The van der Waals surface area contributed by atoms with Crippen molar-refractivity contribution in [3.8, 4) is 0 Å².